The van der Waals surface area contributed by atoms with Gasteiger partial charge in [-0.3, -0.25) is 9.59 Å². The van der Waals surface area contributed by atoms with Crippen molar-refractivity contribution in [2.45, 2.75) is 39.5 Å². The average molecular weight is 426 g/mol. The van der Waals surface area contributed by atoms with Crippen LogP contribution in [0.15, 0.2) is 54.6 Å². The Morgan fingerprint density at radius 1 is 0.968 bits per heavy atom. The third-order valence-corrected chi connectivity index (χ3v) is 5.65. The minimum atomic E-state index is -0.175. The number of carbonyl (C=O) groups is 2. The molecule has 0 aliphatic heterocycles. The number of anilines is 2. The largest absolute Gasteiger partial charge is 0.482 e. The summed E-state index contributed by atoms with van der Waals surface area (Å²) in [6.07, 6.45) is 4.23. The fraction of sp³-hybridized carbons (Fsp3) is 0.440. The van der Waals surface area contributed by atoms with Gasteiger partial charge in [-0.2, -0.15) is 0 Å². The third kappa shape index (κ3) is 7.10. The zero-order valence-corrected chi connectivity index (χ0v) is 18.9. The zero-order valence-electron chi connectivity index (χ0n) is 18.9. The SMILES string of the molecule is CCC(CC)CCCN(C(=O)CN)c1ccccc1OCC(=O)N(C)c1ccccc1. The number of amides is 2. The van der Waals surface area contributed by atoms with E-state index < -0.39 is 0 Å². The van der Waals surface area contributed by atoms with Crippen LogP contribution in [0.2, 0.25) is 0 Å². The minimum absolute atomic E-state index is 0.0744. The highest BCUT2D eigenvalue weighted by Gasteiger charge is 2.20. The van der Waals surface area contributed by atoms with E-state index >= 15 is 0 Å². The molecule has 2 rings (SSSR count). The molecular formula is C25H35N3O3. The molecule has 0 aliphatic rings. The maximum Gasteiger partial charge on any atom is 0.264 e. The molecule has 0 fully saturated rings. The Bertz CT molecular complexity index is 822. The lowest BCUT2D eigenvalue weighted by Gasteiger charge is -2.26. The van der Waals surface area contributed by atoms with E-state index in [0.717, 1.165) is 31.4 Å². The normalized spacial score (nSPS) is 10.7. The van der Waals surface area contributed by atoms with E-state index in [1.165, 1.54) is 0 Å². The molecule has 2 aromatic carbocycles. The van der Waals surface area contributed by atoms with Crippen molar-refractivity contribution in [2.24, 2.45) is 11.7 Å². The van der Waals surface area contributed by atoms with Gasteiger partial charge in [0.05, 0.1) is 12.2 Å². The summed E-state index contributed by atoms with van der Waals surface area (Å²) >= 11 is 0. The van der Waals surface area contributed by atoms with Gasteiger partial charge in [-0.25, -0.2) is 0 Å². The second-order valence-corrected chi connectivity index (χ2v) is 7.62. The Kier molecular flexibility index (Phi) is 10.0. The number of para-hydroxylation sites is 3. The lowest BCUT2D eigenvalue weighted by Crippen LogP contribution is -2.37. The zero-order chi connectivity index (χ0) is 22.6. The minimum Gasteiger partial charge on any atom is -0.482 e. The summed E-state index contributed by atoms with van der Waals surface area (Å²) < 4.78 is 5.86. The fourth-order valence-electron chi connectivity index (χ4n) is 3.56. The molecule has 0 aromatic heterocycles. The van der Waals surface area contributed by atoms with Crippen molar-refractivity contribution >= 4 is 23.2 Å². The number of ether oxygens (including phenoxy) is 1. The highest BCUT2D eigenvalue weighted by Crippen LogP contribution is 2.29. The molecular weight excluding hydrogens is 390 g/mol. The van der Waals surface area contributed by atoms with Crippen LogP contribution in [0.25, 0.3) is 0 Å². The Labute approximate surface area is 186 Å². The number of carbonyl (C=O) groups excluding carboxylic acids is 2. The first-order valence-electron chi connectivity index (χ1n) is 11.1. The number of nitrogens with two attached hydrogens (primary N) is 1. The predicted molar refractivity (Wildman–Crippen MR) is 127 cm³/mol. The molecule has 0 bridgehead atoms. The van der Waals surface area contributed by atoms with Crippen LogP contribution in [-0.4, -0.2) is 38.6 Å². The first-order valence-corrected chi connectivity index (χ1v) is 11.1. The van der Waals surface area contributed by atoms with Gasteiger partial charge in [0.2, 0.25) is 5.91 Å². The number of hydrogen-bond acceptors (Lipinski definition) is 4. The van der Waals surface area contributed by atoms with Gasteiger partial charge in [0.25, 0.3) is 5.91 Å². The molecule has 2 N–H and O–H groups in total. The van der Waals surface area contributed by atoms with Gasteiger partial charge < -0.3 is 20.3 Å². The Morgan fingerprint density at radius 3 is 2.26 bits per heavy atom. The molecule has 0 unspecified atom stereocenters. The number of nitrogens with zero attached hydrogens (tertiary/aromatic N) is 2. The van der Waals surface area contributed by atoms with Crippen molar-refractivity contribution < 1.29 is 14.3 Å². The summed E-state index contributed by atoms with van der Waals surface area (Å²) in [6.45, 7) is 4.77. The predicted octanol–water partition coefficient (Wildman–Crippen LogP) is 4.24. The highest BCUT2D eigenvalue weighted by molar-refractivity contribution is 5.96. The van der Waals surface area contributed by atoms with Crippen LogP contribution in [0.1, 0.15) is 39.5 Å². The standard InChI is InChI=1S/C25H35N3O3/c1-4-20(5-2)12-11-17-28(24(29)18-26)22-15-9-10-16-23(22)31-19-25(30)27(3)21-13-7-6-8-14-21/h6-10,13-16,20H,4-5,11-12,17-19,26H2,1-3H3. The van der Waals surface area contributed by atoms with Crippen LogP contribution in [0.5, 0.6) is 5.75 Å². The summed E-state index contributed by atoms with van der Waals surface area (Å²) in [6, 6.07) is 16.7. The van der Waals surface area contributed by atoms with Crippen LogP contribution in [0, 0.1) is 5.92 Å². The van der Waals surface area contributed by atoms with Crippen LogP contribution in [0.4, 0.5) is 11.4 Å². The molecule has 0 saturated carbocycles. The van der Waals surface area contributed by atoms with E-state index in [1.807, 2.05) is 48.5 Å². The summed E-state index contributed by atoms with van der Waals surface area (Å²) in [4.78, 5) is 28.4. The van der Waals surface area contributed by atoms with Gasteiger partial charge in [-0.05, 0) is 43.0 Å². The molecule has 2 amide bonds. The summed E-state index contributed by atoms with van der Waals surface area (Å²) in [7, 11) is 1.72. The maximum atomic E-state index is 12.6. The monoisotopic (exact) mass is 425 g/mol. The van der Waals surface area contributed by atoms with E-state index in [2.05, 4.69) is 13.8 Å². The number of hydrogen-bond donors (Lipinski definition) is 1. The summed E-state index contributed by atoms with van der Waals surface area (Å²) in [5.74, 6) is 0.828. The van der Waals surface area contributed by atoms with Gasteiger partial charge in [-0.1, -0.05) is 57.0 Å². The molecule has 0 radical (unpaired) electrons. The first-order chi connectivity index (χ1) is 15.0. The van der Waals surface area contributed by atoms with Gasteiger partial charge in [0.1, 0.15) is 5.75 Å². The molecule has 31 heavy (non-hydrogen) atoms. The van der Waals surface area contributed by atoms with Crippen LogP contribution >= 0.6 is 0 Å². The molecule has 168 valence electrons. The van der Waals surface area contributed by atoms with E-state index in [9.17, 15) is 9.59 Å². The smallest absolute Gasteiger partial charge is 0.264 e. The van der Waals surface area contributed by atoms with Gasteiger partial charge >= 0.3 is 0 Å². The van der Waals surface area contributed by atoms with Gasteiger partial charge in [0.15, 0.2) is 6.61 Å². The second-order valence-electron chi connectivity index (χ2n) is 7.62. The maximum absolute atomic E-state index is 12.6. The van der Waals surface area contributed by atoms with Crippen molar-refractivity contribution in [3.05, 3.63) is 54.6 Å². The topological polar surface area (TPSA) is 75.9 Å². The molecule has 0 aliphatic carbocycles. The van der Waals surface area contributed by atoms with Crippen molar-refractivity contribution in [2.75, 3.05) is 36.5 Å². The van der Waals surface area contributed by atoms with E-state index in [4.69, 9.17) is 10.5 Å². The van der Waals surface area contributed by atoms with E-state index in [1.54, 1.807) is 22.9 Å². The van der Waals surface area contributed by atoms with E-state index in [-0.39, 0.29) is 25.0 Å². The molecule has 6 heteroatoms. The van der Waals surface area contributed by atoms with Gasteiger partial charge in [-0.15, -0.1) is 0 Å². The molecule has 0 atom stereocenters. The average Bonchev–Trinajstić information content (AvgIpc) is 2.82. The Hall–Kier alpha value is -2.86. The molecule has 2 aromatic rings. The van der Waals surface area contributed by atoms with Crippen molar-refractivity contribution in [1.29, 1.82) is 0 Å². The van der Waals surface area contributed by atoms with Crippen molar-refractivity contribution in [3.8, 4) is 5.75 Å². The first kappa shape index (κ1) is 24.4. The third-order valence-electron chi connectivity index (χ3n) is 5.65. The summed E-state index contributed by atoms with van der Waals surface area (Å²) in [5.41, 5.74) is 7.13. The molecule has 6 nitrogen and oxygen atoms in total. The van der Waals surface area contributed by atoms with Crippen LogP contribution < -0.4 is 20.3 Å². The molecule has 0 saturated heterocycles. The number of likely N-dealkylation sites (N-methyl/N-ethyl adjacent to an activating group) is 1. The number of rotatable bonds is 12. The fourth-order valence-corrected chi connectivity index (χ4v) is 3.56. The lowest BCUT2D eigenvalue weighted by molar-refractivity contribution is -0.120. The van der Waals surface area contributed by atoms with Crippen LogP contribution in [0.3, 0.4) is 0 Å². The summed E-state index contributed by atoms with van der Waals surface area (Å²) in [5, 5.41) is 0. The second kappa shape index (κ2) is 12.7. The quantitative estimate of drug-likeness (QED) is 0.552. The van der Waals surface area contributed by atoms with Gasteiger partial charge in [0, 0.05) is 19.3 Å². The highest BCUT2D eigenvalue weighted by atomic mass is 16.5. The van der Waals surface area contributed by atoms with Crippen LogP contribution in [-0.2, 0) is 9.59 Å². The number of benzene rings is 2. The Morgan fingerprint density at radius 2 is 1.61 bits per heavy atom. The Balaban J connectivity index is 2.09. The van der Waals surface area contributed by atoms with E-state index in [0.29, 0.717) is 23.9 Å². The lowest BCUT2D eigenvalue weighted by atomic mass is 9.97. The molecule has 0 spiro atoms. The van der Waals surface area contributed by atoms with Crippen molar-refractivity contribution in [1.82, 2.24) is 0 Å². The van der Waals surface area contributed by atoms with Crippen molar-refractivity contribution in [3.63, 3.8) is 0 Å². The molecule has 0 heterocycles.